The fourth-order valence-electron chi connectivity index (χ4n) is 4.46. The predicted molar refractivity (Wildman–Crippen MR) is 121 cm³/mol. The van der Waals surface area contributed by atoms with Crippen molar-refractivity contribution < 1.29 is 13.2 Å². The highest BCUT2D eigenvalue weighted by Gasteiger charge is 2.35. The van der Waals surface area contributed by atoms with Crippen molar-refractivity contribution in [2.24, 2.45) is 0 Å². The molecule has 1 aliphatic carbocycles. The van der Waals surface area contributed by atoms with Crippen molar-refractivity contribution in [1.82, 2.24) is 13.5 Å². The van der Waals surface area contributed by atoms with Crippen LogP contribution in [0.3, 0.4) is 0 Å². The second-order valence-corrected chi connectivity index (χ2v) is 11.0. The maximum atomic E-state index is 13.0. The fourth-order valence-corrected chi connectivity index (χ4v) is 6.04. The average Bonchev–Trinajstić information content (AvgIpc) is 2.77. The molecule has 6 nitrogen and oxygen atoms in total. The van der Waals surface area contributed by atoms with Crippen LogP contribution in [-0.4, -0.2) is 67.1 Å². The number of carbonyl (C=O) groups excluding carboxylic acids is 1. The molecule has 1 aromatic carbocycles. The van der Waals surface area contributed by atoms with Crippen molar-refractivity contribution in [1.29, 1.82) is 0 Å². The van der Waals surface area contributed by atoms with Gasteiger partial charge in [-0.1, -0.05) is 57.4 Å². The molecule has 1 saturated carbocycles. The van der Waals surface area contributed by atoms with E-state index in [1.54, 1.807) is 15.7 Å². The van der Waals surface area contributed by atoms with Crippen molar-refractivity contribution in [3.63, 3.8) is 0 Å². The monoisotopic (exact) mass is 435 g/mol. The van der Waals surface area contributed by atoms with Crippen LogP contribution >= 0.6 is 0 Å². The highest BCUT2D eigenvalue weighted by Crippen LogP contribution is 2.25. The van der Waals surface area contributed by atoms with Crippen LogP contribution in [0.5, 0.6) is 0 Å². The lowest BCUT2D eigenvalue weighted by atomic mass is 9.96. The highest BCUT2D eigenvalue weighted by atomic mass is 32.2. The number of rotatable bonds is 7. The zero-order valence-electron chi connectivity index (χ0n) is 18.7. The molecule has 0 radical (unpaired) electrons. The first-order chi connectivity index (χ1) is 14.3. The second-order valence-electron chi connectivity index (χ2n) is 8.99. The Bertz CT molecular complexity index is 793. The third-order valence-electron chi connectivity index (χ3n) is 6.64. The van der Waals surface area contributed by atoms with Crippen molar-refractivity contribution in [3.05, 3.63) is 35.4 Å². The molecule has 1 heterocycles. The van der Waals surface area contributed by atoms with Gasteiger partial charge in [-0.05, 0) is 36.3 Å². The number of carbonyl (C=O) groups is 1. The van der Waals surface area contributed by atoms with Crippen molar-refractivity contribution in [2.45, 2.75) is 70.8 Å². The van der Waals surface area contributed by atoms with E-state index >= 15 is 0 Å². The first-order valence-electron chi connectivity index (χ1n) is 11.4. The number of hydrogen-bond acceptors (Lipinski definition) is 3. The average molecular weight is 436 g/mol. The van der Waals surface area contributed by atoms with Crippen molar-refractivity contribution >= 4 is 16.1 Å². The number of benzene rings is 1. The van der Waals surface area contributed by atoms with Crippen molar-refractivity contribution in [3.8, 4) is 0 Å². The maximum Gasteiger partial charge on any atom is 0.282 e. The van der Waals surface area contributed by atoms with E-state index in [1.165, 1.54) is 17.5 Å². The normalized spacial score (nSPS) is 19.6. The van der Waals surface area contributed by atoms with Crippen LogP contribution in [0, 0.1) is 0 Å². The summed E-state index contributed by atoms with van der Waals surface area (Å²) in [5, 5.41) is 0. The quantitative estimate of drug-likeness (QED) is 0.660. The zero-order valence-corrected chi connectivity index (χ0v) is 19.5. The van der Waals surface area contributed by atoms with Gasteiger partial charge in [-0.3, -0.25) is 4.79 Å². The Hall–Kier alpha value is -1.44. The molecule has 2 fully saturated rings. The third kappa shape index (κ3) is 5.62. The van der Waals surface area contributed by atoms with Gasteiger partial charge in [0, 0.05) is 45.7 Å². The molecule has 0 bridgehead atoms. The Morgan fingerprint density at radius 2 is 1.63 bits per heavy atom. The minimum absolute atomic E-state index is 0.112. The number of piperazine rings is 1. The lowest BCUT2D eigenvalue weighted by Crippen LogP contribution is -2.55. The van der Waals surface area contributed by atoms with E-state index in [4.69, 9.17) is 0 Å². The molecule has 1 saturated heterocycles. The summed E-state index contributed by atoms with van der Waals surface area (Å²) >= 11 is 0. The fraction of sp³-hybridized carbons (Fsp3) is 0.696. The van der Waals surface area contributed by atoms with E-state index in [0.29, 0.717) is 38.5 Å². The summed E-state index contributed by atoms with van der Waals surface area (Å²) in [6, 6.07) is 8.60. The number of amides is 1. The molecular formula is C23H37N3O3S. The lowest BCUT2D eigenvalue weighted by Gasteiger charge is -2.38. The first kappa shape index (κ1) is 23.2. The van der Waals surface area contributed by atoms with Gasteiger partial charge in [0.25, 0.3) is 10.2 Å². The molecule has 168 valence electrons. The molecule has 2 aliphatic rings. The van der Waals surface area contributed by atoms with E-state index in [-0.39, 0.29) is 11.9 Å². The van der Waals surface area contributed by atoms with Gasteiger partial charge in [-0.25, -0.2) is 0 Å². The Morgan fingerprint density at radius 1 is 1.03 bits per heavy atom. The molecule has 1 amide bonds. The van der Waals surface area contributed by atoms with Crippen LogP contribution in [0.1, 0.15) is 69.4 Å². The summed E-state index contributed by atoms with van der Waals surface area (Å²) in [6.45, 7) is 6.06. The van der Waals surface area contributed by atoms with Gasteiger partial charge in [0.2, 0.25) is 5.91 Å². The van der Waals surface area contributed by atoms with Crippen LogP contribution in [0.4, 0.5) is 0 Å². The Labute approximate surface area is 182 Å². The third-order valence-corrected chi connectivity index (χ3v) is 8.69. The van der Waals surface area contributed by atoms with Gasteiger partial charge >= 0.3 is 0 Å². The predicted octanol–water partition coefficient (Wildman–Crippen LogP) is 3.40. The summed E-state index contributed by atoms with van der Waals surface area (Å²) in [7, 11) is -1.73. The standard InChI is InChI=1S/C23H37N3O3S/c1-19(2)21-12-9-20(10-13-21)11-14-23(27)25-15-17-26(18-16-25)30(28,29)24(3)22-7-5-4-6-8-22/h9-10,12-13,19,22H,4-8,11,14-18H2,1-3H3. The van der Waals surface area contributed by atoms with Gasteiger partial charge in [-0.2, -0.15) is 17.0 Å². The molecule has 0 aromatic heterocycles. The zero-order chi connectivity index (χ0) is 21.7. The van der Waals surface area contributed by atoms with Crippen LogP contribution < -0.4 is 0 Å². The number of aryl methyl sites for hydroxylation is 1. The van der Waals surface area contributed by atoms with Gasteiger partial charge in [0.05, 0.1) is 0 Å². The lowest BCUT2D eigenvalue weighted by molar-refractivity contribution is -0.132. The Kier molecular flexibility index (Phi) is 7.93. The molecule has 3 rings (SSSR count). The van der Waals surface area contributed by atoms with E-state index in [0.717, 1.165) is 32.1 Å². The molecule has 1 aliphatic heterocycles. The van der Waals surface area contributed by atoms with E-state index < -0.39 is 10.2 Å². The van der Waals surface area contributed by atoms with E-state index in [9.17, 15) is 13.2 Å². The van der Waals surface area contributed by atoms with Crippen LogP contribution in [0.15, 0.2) is 24.3 Å². The Balaban J connectivity index is 1.47. The molecule has 0 unspecified atom stereocenters. The molecule has 0 N–H and O–H groups in total. The van der Waals surface area contributed by atoms with Crippen molar-refractivity contribution in [2.75, 3.05) is 33.2 Å². The summed E-state index contributed by atoms with van der Waals surface area (Å²) in [6.07, 6.45) is 6.50. The second kappa shape index (κ2) is 10.2. The van der Waals surface area contributed by atoms with Gasteiger partial charge < -0.3 is 4.90 Å². The summed E-state index contributed by atoms with van der Waals surface area (Å²) < 4.78 is 29.1. The summed E-state index contributed by atoms with van der Waals surface area (Å²) in [5.41, 5.74) is 2.48. The number of nitrogens with zero attached hydrogens (tertiary/aromatic N) is 3. The topological polar surface area (TPSA) is 60.9 Å². The van der Waals surface area contributed by atoms with Gasteiger partial charge in [0.15, 0.2) is 0 Å². The molecule has 1 aromatic rings. The van der Waals surface area contributed by atoms with Crippen LogP contribution in [-0.2, 0) is 21.4 Å². The molecular weight excluding hydrogens is 398 g/mol. The molecule has 30 heavy (non-hydrogen) atoms. The number of hydrogen-bond donors (Lipinski definition) is 0. The Morgan fingerprint density at radius 3 is 2.20 bits per heavy atom. The van der Waals surface area contributed by atoms with Crippen LogP contribution in [0.25, 0.3) is 0 Å². The minimum Gasteiger partial charge on any atom is -0.340 e. The summed E-state index contributed by atoms with van der Waals surface area (Å²) in [4.78, 5) is 14.4. The van der Waals surface area contributed by atoms with Gasteiger partial charge in [0.1, 0.15) is 0 Å². The maximum absolute atomic E-state index is 13.0. The van der Waals surface area contributed by atoms with Gasteiger partial charge in [-0.15, -0.1) is 0 Å². The van der Waals surface area contributed by atoms with Crippen LogP contribution in [0.2, 0.25) is 0 Å². The van der Waals surface area contributed by atoms with E-state index in [1.807, 2.05) is 4.90 Å². The van der Waals surface area contributed by atoms with E-state index in [2.05, 4.69) is 38.1 Å². The molecule has 7 heteroatoms. The smallest absolute Gasteiger partial charge is 0.282 e. The first-order valence-corrected chi connectivity index (χ1v) is 12.8. The molecule has 0 atom stereocenters. The SMILES string of the molecule is CC(C)c1ccc(CCC(=O)N2CCN(S(=O)(=O)N(C)C3CCCCC3)CC2)cc1. The molecule has 0 spiro atoms. The largest absolute Gasteiger partial charge is 0.340 e. The highest BCUT2D eigenvalue weighted by molar-refractivity contribution is 7.86. The summed E-state index contributed by atoms with van der Waals surface area (Å²) in [5.74, 6) is 0.617. The minimum atomic E-state index is -3.45.